The summed E-state index contributed by atoms with van der Waals surface area (Å²) in [5, 5.41) is 6.01. The smallest absolute Gasteiger partial charge is 0.272 e. The molecule has 1 aliphatic heterocycles. The van der Waals surface area contributed by atoms with E-state index in [9.17, 15) is 4.79 Å². The Labute approximate surface area is 113 Å². The van der Waals surface area contributed by atoms with Crippen LogP contribution in [0.3, 0.4) is 0 Å². The average Bonchev–Trinajstić information content (AvgIpc) is 2.43. The molecule has 3 rings (SSSR count). The summed E-state index contributed by atoms with van der Waals surface area (Å²) in [6.45, 7) is 2.56. The van der Waals surface area contributed by atoms with Gasteiger partial charge in [0, 0.05) is 11.8 Å². The molecular formula is C13H15BrN3O+. The van der Waals surface area contributed by atoms with Crippen LogP contribution in [0.4, 0.5) is 5.82 Å². The van der Waals surface area contributed by atoms with Gasteiger partial charge in [-0.1, -0.05) is 28.1 Å². The lowest BCUT2D eigenvalue weighted by molar-refractivity contribution is -0.769. The van der Waals surface area contributed by atoms with E-state index in [0.717, 1.165) is 41.4 Å². The Hall–Kier alpha value is -1.36. The zero-order valence-corrected chi connectivity index (χ0v) is 11.6. The van der Waals surface area contributed by atoms with Crippen molar-refractivity contribution in [3.8, 4) is 0 Å². The average molecular weight is 309 g/mol. The van der Waals surface area contributed by atoms with Gasteiger partial charge < -0.3 is 0 Å². The molecule has 1 aromatic carbocycles. The second kappa shape index (κ2) is 4.72. The highest BCUT2D eigenvalue weighted by molar-refractivity contribution is 9.09. The third-order valence-corrected chi connectivity index (χ3v) is 3.69. The van der Waals surface area contributed by atoms with Crippen molar-refractivity contribution >= 4 is 32.5 Å². The van der Waals surface area contributed by atoms with Crippen LogP contribution in [0.2, 0.25) is 0 Å². The molecule has 2 aromatic rings. The van der Waals surface area contributed by atoms with Gasteiger partial charge in [0.25, 0.3) is 5.56 Å². The highest BCUT2D eigenvalue weighted by atomic mass is 79.9. The highest BCUT2D eigenvalue weighted by Gasteiger charge is 2.23. The summed E-state index contributed by atoms with van der Waals surface area (Å²) in [5.74, 6) is 1.07. The van der Waals surface area contributed by atoms with Gasteiger partial charge in [-0.05, 0) is 12.1 Å². The van der Waals surface area contributed by atoms with Crippen LogP contribution in [0.25, 0.3) is 10.8 Å². The summed E-state index contributed by atoms with van der Waals surface area (Å²) in [6.07, 6.45) is 1.05. The molecule has 0 radical (unpaired) electrons. The van der Waals surface area contributed by atoms with Crippen LogP contribution in [-0.4, -0.2) is 16.6 Å². The Kier molecular flexibility index (Phi) is 3.07. The summed E-state index contributed by atoms with van der Waals surface area (Å²) in [6, 6.07) is 7.81. The van der Waals surface area contributed by atoms with Crippen molar-refractivity contribution in [1.82, 2.24) is 4.68 Å². The van der Waals surface area contributed by atoms with Crippen molar-refractivity contribution < 1.29 is 4.68 Å². The van der Waals surface area contributed by atoms with E-state index in [1.54, 1.807) is 0 Å². The number of nitrogens with zero attached hydrogens (tertiary/aromatic N) is 2. The van der Waals surface area contributed by atoms with Gasteiger partial charge in [-0.3, -0.25) is 10.1 Å². The zero-order chi connectivity index (χ0) is 12.5. The number of alkyl halides is 1. The molecular weight excluding hydrogens is 294 g/mol. The van der Waals surface area contributed by atoms with Crippen molar-refractivity contribution in [3.05, 3.63) is 34.6 Å². The van der Waals surface area contributed by atoms with Crippen LogP contribution in [0.15, 0.2) is 29.1 Å². The molecule has 5 heteroatoms. The van der Waals surface area contributed by atoms with E-state index >= 15 is 0 Å². The lowest BCUT2D eigenvalue weighted by Crippen LogP contribution is -2.56. The summed E-state index contributed by atoms with van der Waals surface area (Å²) in [7, 11) is 0. The summed E-state index contributed by atoms with van der Waals surface area (Å²) < 4.78 is 3.91. The van der Waals surface area contributed by atoms with E-state index in [-0.39, 0.29) is 5.56 Å². The first-order valence-corrected chi connectivity index (χ1v) is 7.30. The minimum Gasteiger partial charge on any atom is -0.272 e. The molecule has 18 heavy (non-hydrogen) atoms. The first-order chi connectivity index (χ1) is 8.83. The number of halogens is 1. The third-order valence-electron chi connectivity index (χ3n) is 3.33. The summed E-state index contributed by atoms with van der Waals surface area (Å²) in [5.41, 5.74) is 0.0949. The van der Waals surface area contributed by atoms with Crippen molar-refractivity contribution in [3.63, 3.8) is 0 Å². The molecule has 1 aliphatic rings. The van der Waals surface area contributed by atoms with Crippen LogP contribution in [0, 0.1) is 0 Å². The molecule has 0 fully saturated rings. The first kappa shape index (κ1) is 11.7. The number of anilines is 1. The molecule has 0 saturated carbocycles. The molecule has 0 amide bonds. The van der Waals surface area contributed by atoms with Gasteiger partial charge in [0.15, 0.2) is 0 Å². The maximum atomic E-state index is 12.5. The quantitative estimate of drug-likeness (QED) is 0.674. The topological polar surface area (TPSA) is 37.9 Å². The van der Waals surface area contributed by atoms with Gasteiger partial charge in [0.1, 0.15) is 6.54 Å². The van der Waals surface area contributed by atoms with E-state index in [2.05, 4.69) is 25.9 Å². The predicted molar refractivity (Wildman–Crippen MR) is 75.3 cm³/mol. The van der Waals surface area contributed by atoms with Gasteiger partial charge in [-0.2, -0.15) is 9.36 Å². The standard InChI is InChI=1S/C13H14BrN3O/c14-6-9-17-13(18)11-5-2-1-4-10(11)12-15-7-3-8-16(12)17/h1-2,4-5H,3,6-9H2/p+1. The summed E-state index contributed by atoms with van der Waals surface area (Å²) in [4.78, 5) is 12.5. The molecule has 4 nitrogen and oxygen atoms in total. The number of benzene rings is 1. The number of nitrogens with one attached hydrogen (secondary N) is 1. The lowest BCUT2D eigenvalue weighted by atomic mass is 10.1. The van der Waals surface area contributed by atoms with Crippen molar-refractivity contribution in [2.45, 2.75) is 19.5 Å². The molecule has 2 heterocycles. The van der Waals surface area contributed by atoms with E-state index in [1.807, 2.05) is 28.9 Å². The van der Waals surface area contributed by atoms with E-state index in [0.29, 0.717) is 6.54 Å². The fraction of sp³-hybridized carbons (Fsp3) is 0.385. The lowest BCUT2D eigenvalue weighted by Gasteiger charge is -2.18. The normalized spacial score (nSPS) is 14.3. The number of aromatic nitrogens is 2. The van der Waals surface area contributed by atoms with Gasteiger partial charge in [0.05, 0.1) is 23.9 Å². The maximum absolute atomic E-state index is 12.5. The van der Waals surface area contributed by atoms with Crippen molar-refractivity contribution in [2.24, 2.45) is 0 Å². The third kappa shape index (κ3) is 1.73. The highest BCUT2D eigenvalue weighted by Crippen LogP contribution is 2.18. The van der Waals surface area contributed by atoms with Gasteiger partial charge in [-0.25, -0.2) is 0 Å². The largest absolute Gasteiger partial charge is 0.301 e. The number of hydrogen-bond acceptors (Lipinski definition) is 2. The number of hydrogen-bond donors (Lipinski definition) is 1. The van der Waals surface area contributed by atoms with Crippen LogP contribution in [0.5, 0.6) is 0 Å². The van der Waals surface area contributed by atoms with Crippen molar-refractivity contribution in [1.29, 1.82) is 0 Å². The van der Waals surface area contributed by atoms with Gasteiger partial charge in [0.2, 0.25) is 0 Å². The van der Waals surface area contributed by atoms with Crippen LogP contribution < -0.4 is 15.6 Å². The molecule has 1 N–H and O–H groups in total. The van der Waals surface area contributed by atoms with Crippen LogP contribution in [-0.2, 0) is 13.1 Å². The second-order valence-corrected chi connectivity index (χ2v) is 5.21. The van der Waals surface area contributed by atoms with E-state index in [4.69, 9.17) is 0 Å². The molecule has 0 atom stereocenters. The monoisotopic (exact) mass is 308 g/mol. The zero-order valence-electron chi connectivity index (χ0n) is 10.0. The fourth-order valence-electron chi connectivity index (χ4n) is 2.54. The SMILES string of the molecule is O=c1c2ccccc2c2[n+](n1CCBr)CCCN2. The first-order valence-electron chi connectivity index (χ1n) is 6.18. The molecule has 0 aliphatic carbocycles. The van der Waals surface area contributed by atoms with Gasteiger partial charge in [-0.15, -0.1) is 0 Å². The fourth-order valence-corrected chi connectivity index (χ4v) is 2.88. The van der Waals surface area contributed by atoms with Crippen LogP contribution in [0.1, 0.15) is 6.42 Å². The van der Waals surface area contributed by atoms with E-state index < -0.39 is 0 Å². The second-order valence-electron chi connectivity index (χ2n) is 4.41. The Morgan fingerprint density at radius 1 is 1.33 bits per heavy atom. The van der Waals surface area contributed by atoms with Gasteiger partial charge >= 0.3 is 5.82 Å². The predicted octanol–water partition coefficient (Wildman–Crippen LogP) is 1.50. The van der Waals surface area contributed by atoms with E-state index in [1.165, 1.54) is 0 Å². The Balaban J connectivity index is 2.39. The Bertz CT molecular complexity index is 650. The molecule has 0 saturated heterocycles. The molecule has 0 unspecified atom stereocenters. The summed E-state index contributed by atoms with van der Waals surface area (Å²) >= 11 is 3.42. The maximum Gasteiger partial charge on any atom is 0.301 e. The number of fused-ring (bicyclic) bond motifs is 3. The molecule has 0 bridgehead atoms. The minimum atomic E-state index is 0.0949. The van der Waals surface area contributed by atoms with Crippen LogP contribution >= 0.6 is 15.9 Å². The molecule has 94 valence electrons. The Morgan fingerprint density at radius 3 is 2.89 bits per heavy atom. The molecule has 0 spiro atoms. The minimum absolute atomic E-state index is 0.0949. The van der Waals surface area contributed by atoms with Crippen molar-refractivity contribution in [2.75, 3.05) is 17.2 Å². The Morgan fingerprint density at radius 2 is 2.11 bits per heavy atom. The molecule has 1 aromatic heterocycles. The number of rotatable bonds is 2.